The highest BCUT2D eigenvalue weighted by molar-refractivity contribution is 6.30. The third kappa shape index (κ3) is 3.31. The fourth-order valence-corrected chi connectivity index (χ4v) is 3.73. The molecule has 2 fully saturated rings. The number of rotatable bonds is 4. The minimum atomic E-state index is -0.455. The summed E-state index contributed by atoms with van der Waals surface area (Å²) in [5.74, 6) is -0.462. The van der Waals surface area contributed by atoms with Crippen LogP contribution < -0.4 is 0 Å². The van der Waals surface area contributed by atoms with Crippen LogP contribution in [0.2, 0.25) is 5.02 Å². The van der Waals surface area contributed by atoms with Crippen molar-refractivity contribution >= 4 is 29.4 Å². The van der Waals surface area contributed by atoms with Crippen LogP contribution in [0.1, 0.15) is 38.2 Å². The van der Waals surface area contributed by atoms with Gasteiger partial charge in [-0.05, 0) is 42.9 Å². The Hall–Kier alpha value is -1.88. The Balaban J connectivity index is 1.72. The van der Waals surface area contributed by atoms with Crippen LogP contribution in [0.15, 0.2) is 24.3 Å². The Bertz CT molecular complexity index is 659. The molecule has 6 heteroatoms. The van der Waals surface area contributed by atoms with Gasteiger partial charge in [0.1, 0.15) is 6.42 Å². The number of benzene rings is 1. The Labute approximate surface area is 146 Å². The number of barbiturate groups is 1. The lowest BCUT2D eigenvalue weighted by Gasteiger charge is -2.37. The molecular weight excluding hydrogens is 328 g/mol. The van der Waals surface area contributed by atoms with Gasteiger partial charge in [-0.25, -0.2) is 4.79 Å². The third-order valence-corrected chi connectivity index (χ3v) is 5.25. The number of hydrogen-bond acceptors (Lipinski definition) is 3. The van der Waals surface area contributed by atoms with Crippen molar-refractivity contribution in [1.29, 1.82) is 0 Å². The van der Waals surface area contributed by atoms with Crippen LogP contribution in [0.3, 0.4) is 0 Å². The molecule has 5 nitrogen and oxygen atoms in total. The molecule has 24 heavy (non-hydrogen) atoms. The highest BCUT2D eigenvalue weighted by atomic mass is 35.5. The van der Waals surface area contributed by atoms with Gasteiger partial charge < -0.3 is 0 Å². The second-order valence-electron chi connectivity index (χ2n) is 6.62. The minimum absolute atomic E-state index is 0.0730. The lowest BCUT2D eigenvalue weighted by atomic mass is 10.0. The van der Waals surface area contributed by atoms with E-state index in [-0.39, 0.29) is 24.9 Å². The van der Waals surface area contributed by atoms with Gasteiger partial charge in [0.25, 0.3) is 0 Å². The van der Waals surface area contributed by atoms with E-state index in [0.717, 1.165) is 24.8 Å². The first-order chi connectivity index (χ1) is 11.5. The molecule has 0 radical (unpaired) electrons. The molecule has 2 atom stereocenters. The summed E-state index contributed by atoms with van der Waals surface area (Å²) in [4.78, 5) is 39.7. The normalized spacial score (nSPS) is 24.8. The van der Waals surface area contributed by atoms with Gasteiger partial charge in [-0.15, -0.1) is 0 Å². The van der Waals surface area contributed by atoms with Gasteiger partial charge in [0, 0.05) is 17.6 Å². The van der Waals surface area contributed by atoms with Gasteiger partial charge in [0.15, 0.2) is 0 Å². The molecule has 1 aromatic rings. The zero-order chi connectivity index (χ0) is 17.3. The molecule has 0 N–H and O–H groups in total. The van der Waals surface area contributed by atoms with Crippen LogP contribution in [-0.2, 0) is 16.0 Å². The number of carbonyl (C=O) groups excluding carboxylic acids is 3. The Morgan fingerprint density at radius 2 is 1.79 bits per heavy atom. The Kier molecular flexibility index (Phi) is 4.90. The topological polar surface area (TPSA) is 57.7 Å². The zero-order valence-electron chi connectivity index (χ0n) is 13.7. The van der Waals surface area contributed by atoms with E-state index in [1.54, 1.807) is 12.1 Å². The van der Waals surface area contributed by atoms with Crippen molar-refractivity contribution in [1.82, 2.24) is 9.80 Å². The maximum atomic E-state index is 12.7. The summed E-state index contributed by atoms with van der Waals surface area (Å²) in [6, 6.07) is 6.80. The summed E-state index contributed by atoms with van der Waals surface area (Å²) < 4.78 is 0. The van der Waals surface area contributed by atoms with Gasteiger partial charge in [-0.2, -0.15) is 0 Å². The molecule has 1 aromatic carbocycles. The van der Waals surface area contributed by atoms with E-state index in [1.165, 1.54) is 9.80 Å². The molecule has 1 aliphatic carbocycles. The first kappa shape index (κ1) is 17.0. The van der Waals surface area contributed by atoms with E-state index in [2.05, 4.69) is 6.92 Å². The molecule has 1 aliphatic heterocycles. The van der Waals surface area contributed by atoms with Crippen molar-refractivity contribution in [3.05, 3.63) is 34.9 Å². The van der Waals surface area contributed by atoms with Crippen molar-refractivity contribution in [2.24, 2.45) is 5.92 Å². The van der Waals surface area contributed by atoms with Gasteiger partial charge in [0.05, 0.1) is 0 Å². The largest absolute Gasteiger partial charge is 0.333 e. The van der Waals surface area contributed by atoms with Crippen LogP contribution in [0, 0.1) is 5.92 Å². The highest BCUT2D eigenvalue weighted by Gasteiger charge is 2.43. The van der Waals surface area contributed by atoms with Gasteiger partial charge in [0.2, 0.25) is 11.8 Å². The first-order valence-electron chi connectivity index (χ1n) is 8.38. The molecule has 2 aliphatic rings. The second kappa shape index (κ2) is 6.93. The van der Waals surface area contributed by atoms with Gasteiger partial charge in [-0.1, -0.05) is 37.1 Å². The summed E-state index contributed by atoms with van der Waals surface area (Å²) in [6.45, 7) is 2.34. The van der Waals surface area contributed by atoms with E-state index in [0.29, 0.717) is 17.4 Å². The fraction of sp³-hybridized carbons (Fsp3) is 0.500. The molecule has 0 bridgehead atoms. The van der Waals surface area contributed by atoms with Crippen LogP contribution in [0.25, 0.3) is 0 Å². The molecular formula is C18H21ClN2O3. The fourth-order valence-electron chi connectivity index (χ4n) is 3.60. The van der Waals surface area contributed by atoms with Gasteiger partial charge in [-0.3, -0.25) is 19.4 Å². The number of nitrogens with zero attached hydrogens (tertiary/aromatic N) is 2. The number of amides is 4. The standard InChI is InChI=1S/C18H21ClN2O3/c1-12-3-2-4-15(12)21-17(23)11-16(22)20(18(21)24)10-9-13-5-7-14(19)8-6-13/h5-8,12,15H,2-4,9-11H2,1H3/t12-,15-/m0/s1. The minimum Gasteiger partial charge on any atom is -0.274 e. The van der Waals surface area contributed by atoms with Crippen LogP contribution in [0.5, 0.6) is 0 Å². The number of halogens is 1. The summed E-state index contributed by atoms with van der Waals surface area (Å²) >= 11 is 5.87. The maximum Gasteiger partial charge on any atom is 0.333 e. The summed E-state index contributed by atoms with van der Waals surface area (Å²) in [5.41, 5.74) is 0.998. The van der Waals surface area contributed by atoms with Crippen molar-refractivity contribution in [3.63, 3.8) is 0 Å². The molecule has 0 spiro atoms. The Morgan fingerprint density at radius 1 is 1.08 bits per heavy atom. The average Bonchev–Trinajstić information content (AvgIpc) is 2.94. The van der Waals surface area contributed by atoms with E-state index in [4.69, 9.17) is 11.6 Å². The Morgan fingerprint density at radius 3 is 2.42 bits per heavy atom. The smallest absolute Gasteiger partial charge is 0.274 e. The van der Waals surface area contributed by atoms with Crippen molar-refractivity contribution in [2.45, 2.75) is 45.1 Å². The molecule has 0 aromatic heterocycles. The quantitative estimate of drug-likeness (QED) is 0.785. The van der Waals surface area contributed by atoms with Crippen molar-refractivity contribution in [2.75, 3.05) is 6.54 Å². The molecule has 3 rings (SSSR count). The molecule has 1 saturated heterocycles. The number of imide groups is 2. The van der Waals surface area contributed by atoms with Gasteiger partial charge >= 0.3 is 6.03 Å². The average molecular weight is 349 g/mol. The summed E-state index contributed by atoms with van der Waals surface area (Å²) in [6.07, 6.45) is 3.20. The molecule has 128 valence electrons. The maximum absolute atomic E-state index is 12.7. The van der Waals surface area contributed by atoms with Crippen LogP contribution >= 0.6 is 11.6 Å². The predicted octanol–water partition coefficient (Wildman–Crippen LogP) is 3.25. The molecule has 1 saturated carbocycles. The van der Waals surface area contributed by atoms with E-state index >= 15 is 0 Å². The van der Waals surface area contributed by atoms with E-state index < -0.39 is 11.9 Å². The third-order valence-electron chi connectivity index (χ3n) is 4.99. The summed E-state index contributed by atoms with van der Waals surface area (Å²) in [7, 11) is 0. The number of carbonyl (C=O) groups is 3. The van der Waals surface area contributed by atoms with Crippen LogP contribution in [0.4, 0.5) is 4.79 Å². The van der Waals surface area contributed by atoms with Crippen molar-refractivity contribution in [3.8, 4) is 0 Å². The zero-order valence-corrected chi connectivity index (χ0v) is 14.5. The number of hydrogen-bond donors (Lipinski definition) is 0. The number of urea groups is 1. The second-order valence-corrected chi connectivity index (χ2v) is 7.06. The van der Waals surface area contributed by atoms with Crippen LogP contribution in [-0.4, -0.2) is 40.2 Å². The van der Waals surface area contributed by atoms with E-state index in [9.17, 15) is 14.4 Å². The lowest BCUT2D eigenvalue weighted by molar-refractivity contribution is -0.144. The summed E-state index contributed by atoms with van der Waals surface area (Å²) in [5, 5.41) is 0.649. The SMILES string of the molecule is C[C@H]1CCC[C@@H]1N1C(=O)CC(=O)N(CCc2ccc(Cl)cc2)C1=O. The molecule has 0 unspecified atom stereocenters. The van der Waals surface area contributed by atoms with Crippen molar-refractivity contribution < 1.29 is 14.4 Å². The van der Waals surface area contributed by atoms with E-state index in [1.807, 2.05) is 12.1 Å². The molecule has 4 amide bonds. The monoisotopic (exact) mass is 348 g/mol. The highest BCUT2D eigenvalue weighted by Crippen LogP contribution is 2.32. The predicted molar refractivity (Wildman–Crippen MR) is 90.5 cm³/mol. The first-order valence-corrected chi connectivity index (χ1v) is 8.76. The molecule has 1 heterocycles. The lowest BCUT2D eigenvalue weighted by Crippen LogP contribution is -2.59.